The molecule has 0 fully saturated rings. The number of nitrogens with zero attached hydrogens (tertiary/aromatic N) is 2. The molecule has 0 atom stereocenters. The number of carbonyl (C=O) groups excluding carboxylic acids is 1. The lowest BCUT2D eigenvalue weighted by Crippen LogP contribution is -2.16. The third kappa shape index (κ3) is 4.22. The number of benzene rings is 1. The minimum Gasteiger partial charge on any atom is -0.322 e. The van der Waals surface area contributed by atoms with Crippen molar-refractivity contribution in [2.75, 3.05) is 5.32 Å². The second-order valence-corrected chi connectivity index (χ2v) is 7.06. The van der Waals surface area contributed by atoms with E-state index in [0.717, 1.165) is 29.6 Å². The molecule has 4 nitrogen and oxygen atoms in total. The summed E-state index contributed by atoms with van der Waals surface area (Å²) < 4.78 is 43.9. The van der Waals surface area contributed by atoms with Crippen LogP contribution in [0.15, 0.2) is 42.6 Å². The van der Waals surface area contributed by atoms with Crippen LogP contribution in [-0.4, -0.2) is 15.3 Å². The number of anilines is 1. The number of hydrogen-bond donors (Lipinski definition) is 1. The lowest BCUT2D eigenvalue weighted by atomic mass is 10.1. The van der Waals surface area contributed by atoms with Crippen molar-refractivity contribution >= 4 is 23.1 Å². The first kappa shape index (κ1) is 20.0. The van der Waals surface area contributed by atoms with Gasteiger partial charge in [0.1, 0.15) is 0 Å². The van der Waals surface area contributed by atoms with Crippen LogP contribution in [0.5, 0.6) is 0 Å². The molecule has 0 aliphatic heterocycles. The first-order valence-corrected chi connectivity index (χ1v) is 9.44. The molecule has 8 heteroatoms. The van der Waals surface area contributed by atoms with Gasteiger partial charge in [0.25, 0.3) is 5.91 Å². The summed E-state index contributed by atoms with van der Waals surface area (Å²) in [6, 6.07) is 9.66. The van der Waals surface area contributed by atoms with Gasteiger partial charge in [0.2, 0.25) is 0 Å². The van der Waals surface area contributed by atoms with Crippen LogP contribution in [0.25, 0.3) is 0 Å². The van der Waals surface area contributed by atoms with Gasteiger partial charge in [-0.05, 0) is 48.6 Å². The van der Waals surface area contributed by atoms with Crippen LogP contribution in [0.2, 0.25) is 0 Å². The van der Waals surface area contributed by atoms with Crippen LogP contribution in [0, 0.1) is 6.92 Å². The second-order valence-electron chi connectivity index (χ2n) is 6.20. The van der Waals surface area contributed by atoms with E-state index >= 15 is 0 Å². The standard InChI is InChI=1S/C20H18F3N3OS/c1-3-13-7-4-5-9-15(13)25-19(27)18-12(2)26-28-17(18)11-16-14(20(21,22)23)8-6-10-24-16/h4-10H,3,11H2,1-2H3,(H,25,27). The molecule has 0 spiro atoms. The highest BCUT2D eigenvalue weighted by Crippen LogP contribution is 2.33. The fourth-order valence-corrected chi connectivity index (χ4v) is 3.82. The molecule has 0 saturated heterocycles. The molecule has 146 valence electrons. The number of halogens is 3. The highest BCUT2D eigenvalue weighted by atomic mass is 32.1. The monoisotopic (exact) mass is 405 g/mol. The van der Waals surface area contributed by atoms with Crippen LogP contribution in [0.4, 0.5) is 18.9 Å². The number of carbonyl (C=O) groups is 1. The number of para-hydroxylation sites is 1. The number of rotatable bonds is 5. The minimum atomic E-state index is -4.51. The Balaban J connectivity index is 1.92. The number of alkyl halides is 3. The normalized spacial score (nSPS) is 11.5. The summed E-state index contributed by atoms with van der Waals surface area (Å²) in [5.41, 5.74) is 1.51. The Hall–Kier alpha value is -2.74. The summed E-state index contributed by atoms with van der Waals surface area (Å²) in [5, 5.41) is 2.86. The maximum absolute atomic E-state index is 13.3. The summed E-state index contributed by atoms with van der Waals surface area (Å²) >= 11 is 1.02. The summed E-state index contributed by atoms with van der Waals surface area (Å²) in [5.74, 6) is -0.383. The first-order chi connectivity index (χ1) is 13.3. The van der Waals surface area contributed by atoms with Gasteiger partial charge < -0.3 is 5.32 Å². The van der Waals surface area contributed by atoms with Crippen molar-refractivity contribution in [3.63, 3.8) is 0 Å². The third-order valence-corrected chi connectivity index (χ3v) is 5.26. The van der Waals surface area contributed by atoms with Gasteiger partial charge in [-0.25, -0.2) is 0 Å². The summed E-state index contributed by atoms with van der Waals surface area (Å²) in [4.78, 5) is 17.2. The summed E-state index contributed by atoms with van der Waals surface area (Å²) in [6.45, 7) is 3.65. The van der Waals surface area contributed by atoms with Gasteiger partial charge in [-0.2, -0.15) is 17.5 Å². The number of pyridine rings is 1. The molecule has 0 unspecified atom stereocenters. The van der Waals surface area contributed by atoms with Crippen LogP contribution in [-0.2, 0) is 19.0 Å². The van der Waals surface area contributed by atoms with Gasteiger partial charge in [0.15, 0.2) is 0 Å². The Labute approximate surface area is 164 Å². The van der Waals surface area contributed by atoms with Gasteiger partial charge in [-0.3, -0.25) is 9.78 Å². The highest BCUT2D eigenvalue weighted by molar-refractivity contribution is 7.06. The van der Waals surface area contributed by atoms with Crippen LogP contribution >= 0.6 is 11.5 Å². The number of amides is 1. The summed E-state index contributed by atoms with van der Waals surface area (Å²) in [6.07, 6.45) is -2.56. The fraction of sp³-hybridized carbons (Fsp3) is 0.250. The molecule has 1 N–H and O–H groups in total. The van der Waals surface area contributed by atoms with E-state index in [-0.39, 0.29) is 18.0 Å². The average Bonchev–Trinajstić information content (AvgIpc) is 3.02. The van der Waals surface area contributed by atoms with Gasteiger partial charge in [0.05, 0.1) is 22.5 Å². The zero-order valence-electron chi connectivity index (χ0n) is 15.3. The molecular weight excluding hydrogens is 387 g/mol. The zero-order chi connectivity index (χ0) is 20.3. The number of nitrogens with one attached hydrogen (secondary N) is 1. The maximum atomic E-state index is 13.3. The van der Waals surface area contributed by atoms with Gasteiger partial charge >= 0.3 is 6.18 Å². The predicted octanol–water partition coefficient (Wildman–Crippen LogP) is 5.27. The van der Waals surface area contributed by atoms with Gasteiger partial charge in [-0.15, -0.1) is 0 Å². The van der Waals surface area contributed by atoms with E-state index in [1.807, 2.05) is 25.1 Å². The van der Waals surface area contributed by atoms with E-state index in [4.69, 9.17) is 0 Å². The van der Waals surface area contributed by atoms with Crippen molar-refractivity contribution in [1.82, 2.24) is 9.36 Å². The lowest BCUT2D eigenvalue weighted by Gasteiger charge is -2.12. The van der Waals surface area contributed by atoms with E-state index < -0.39 is 11.7 Å². The molecule has 3 rings (SSSR count). The number of aromatic nitrogens is 2. The van der Waals surface area contributed by atoms with E-state index in [1.165, 1.54) is 12.3 Å². The van der Waals surface area contributed by atoms with Crippen LogP contribution < -0.4 is 5.32 Å². The fourth-order valence-electron chi connectivity index (χ4n) is 2.95. The van der Waals surface area contributed by atoms with Crippen molar-refractivity contribution in [3.8, 4) is 0 Å². The Morgan fingerprint density at radius 1 is 1.18 bits per heavy atom. The molecule has 0 aliphatic rings. The minimum absolute atomic E-state index is 0.112. The molecule has 2 heterocycles. The Morgan fingerprint density at radius 3 is 2.64 bits per heavy atom. The van der Waals surface area contributed by atoms with E-state index in [2.05, 4.69) is 14.7 Å². The number of aryl methyl sites for hydroxylation is 2. The van der Waals surface area contributed by atoms with Gasteiger partial charge in [-0.1, -0.05) is 25.1 Å². The molecule has 28 heavy (non-hydrogen) atoms. The van der Waals surface area contributed by atoms with Gasteiger partial charge in [0, 0.05) is 23.2 Å². The SMILES string of the molecule is CCc1ccccc1NC(=O)c1c(C)nsc1Cc1ncccc1C(F)(F)F. The van der Waals surface area contributed by atoms with E-state index in [1.54, 1.807) is 13.0 Å². The van der Waals surface area contributed by atoms with E-state index in [0.29, 0.717) is 21.8 Å². The molecular formula is C20H18F3N3OS. The van der Waals surface area contributed by atoms with Crippen LogP contribution in [0.1, 0.15) is 44.7 Å². The molecule has 2 aromatic heterocycles. The maximum Gasteiger partial charge on any atom is 0.418 e. The Kier molecular flexibility index (Phi) is 5.79. The smallest absolute Gasteiger partial charge is 0.322 e. The first-order valence-electron chi connectivity index (χ1n) is 8.66. The molecule has 1 aromatic carbocycles. The molecule has 1 amide bonds. The third-order valence-electron chi connectivity index (χ3n) is 4.33. The van der Waals surface area contributed by atoms with Crippen molar-refractivity contribution in [2.24, 2.45) is 0 Å². The summed E-state index contributed by atoms with van der Waals surface area (Å²) in [7, 11) is 0. The van der Waals surface area contributed by atoms with Crippen molar-refractivity contribution < 1.29 is 18.0 Å². The molecule has 0 radical (unpaired) electrons. The largest absolute Gasteiger partial charge is 0.418 e. The van der Waals surface area contributed by atoms with Crippen LogP contribution in [0.3, 0.4) is 0 Å². The van der Waals surface area contributed by atoms with Crippen molar-refractivity contribution in [1.29, 1.82) is 0 Å². The zero-order valence-corrected chi connectivity index (χ0v) is 16.1. The Bertz CT molecular complexity index is 998. The highest BCUT2D eigenvalue weighted by Gasteiger charge is 2.34. The van der Waals surface area contributed by atoms with Crippen molar-refractivity contribution in [3.05, 3.63) is 75.6 Å². The molecule has 0 aliphatic carbocycles. The second kappa shape index (κ2) is 8.10. The Morgan fingerprint density at radius 2 is 1.93 bits per heavy atom. The number of hydrogen-bond acceptors (Lipinski definition) is 4. The molecule has 3 aromatic rings. The van der Waals surface area contributed by atoms with E-state index in [9.17, 15) is 18.0 Å². The quantitative estimate of drug-likeness (QED) is 0.629. The molecule has 0 saturated carbocycles. The topological polar surface area (TPSA) is 54.9 Å². The predicted molar refractivity (Wildman–Crippen MR) is 103 cm³/mol. The average molecular weight is 405 g/mol. The molecule has 0 bridgehead atoms. The van der Waals surface area contributed by atoms with Crippen molar-refractivity contribution in [2.45, 2.75) is 32.9 Å². The lowest BCUT2D eigenvalue weighted by molar-refractivity contribution is -0.138.